The highest BCUT2D eigenvalue weighted by atomic mass is 32.2. The molecule has 0 spiro atoms. The first-order chi connectivity index (χ1) is 11.3. The molecule has 2 aromatic rings. The highest BCUT2D eigenvalue weighted by Gasteiger charge is 2.05. The van der Waals surface area contributed by atoms with Crippen molar-refractivity contribution >= 4 is 21.7 Å². The van der Waals surface area contributed by atoms with Gasteiger partial charge in [0.05, 0.1) is 6.26 Å². The highest BCUT2D eigenvalue weighted by Crippen LogP contribution is 2.11. The van der Waals surface area contributed by atoms with Crippen molar-refractivity contribution in [3.05, 3.63) is 65.2 Å². The molecule has 2 aromatic carbocycles. The van der Waals surface area contributed by atoms with E-state index in [4.69, 9.17) is 0 Å². The number of carbonyl (C=O) groups excluding carboxylic acids is 1. The molecule has 6 nitrogen and oxygen atoms in total. The third kappa shape index (κ3) is 5.92. The number of carbonyl (C=O) groups is 1. The van der Waals surface area contributed by atoms with E-state index >= 15 is 0 Å². The number of benzene rings is 2. The molecule has 0 aliphatic rings. The summed E-state index contributed by atoms with van der Waals surface area (Å²) < 4.78 is 24.9. The molecule has 24 heavy (non-hydrogen) atoms. The van der Waals surface area contributed by atoms with Gasteiger partial charge in [-0.05, 0) is 35.7 Å². The summed E-state index contributed by atoms with van der Waals surface area (Å²) in [6, 6.07) is 14.5. The number of anilines is 1. The third-order valence-corrected chi connectivity index (χ3v) is 3.99. The van der Waals surface area contributed by atoms with E-state index in [1.807, 2.05) is 37.3 Å². The second-order valence-corrected chi connectivity index (χ2v) is 7.29. The number of hydrogen-bond donors (Lipinski definition) is 3. The summed E-state index contributed by atoms with van der Waals surface area (Å²) >= 11 is 0. The monoisotopic (exact) mass is 347 g/mol. The Morgan fingerprint density at radius 3 is 2.42 bits per heavy atom. The Balaban J connectivity index is 1.85. The summed E-state index contributed by atoms with van der Waals surface area (Å²) in [5.74, 6) is 0. The van der Waals surface area contributed by atoms with E-state index in [1.54, 1.807) is 18.2 Å². The van der Waals surface area contributed by atoms with E-state index in [-0.39, 0.29) is 6.03 Å². The first-order valence-electron chi connectivity index (χ1n) is 7.46. The van der Waals surface area contributed by atoms with Gasteiger partial charge in [-0.3, -0.25) is 4.72 Å². The fourth-order valence-corrected chi connectivity index (χ4v) is 2.74. The second kappa shape index (κ2) is 7.83. The van der Waals surface area contributed by atoms with Gasteiger partial charge in [-0.25, -0.2) is 13.2 Å². The SMILES string of the molecule is Cc1ccccc1CNC(=O)NCc1cccc(NS(C)(=O)=O)c1. The normalized spacial score (nSPS) is 10.9. The topological polar surface area (TPSA) is 87.3 Å². The van der Waals surface area contributed by atoms with Crippen LogP contribution in [-0.2, 0) is 23.1 Å². The minimum Gasteiger partial charge on any atom is -0.334 e. The van der Waals surface area contributed by atoms with Crippen LogP contribution in [-0.4, -0.2) is 20.7 Å². The molecule has 0 bridgehead atoms. The number of urea groups is 1. The maximum absolute atomic E-state index is 11.9. The van der Waals surface area contributed by atoms with Gasteiger partial charge in [-0.1, -0.05) is 36.4 Å². The van der Waals surface area contributed by atoms with Crippen LogP contribution in [0.5, 0.6) is 0 Å². The van der Waals surface area contributed by atoms with Crippen LogP contribution in [0.15, 0.2) is 48.5 Å². The number of nitrogens with one attached hydrogen (secondary N) is 3. The third-order valence-electron chi connectivity index (χ3n) is 3.38. The van der Waals surface area contributed by atoms with Gasteiger partial charge in [0.1, 0.15) is 0 Å². The minimum absolute atomic E-state index is 0.278. The first kappa shape index (κ1) is 17.8. The van der Waals surface area contributed by atoms with Crippen LogP contribution in [0.1, 0.15) is 16.7 Å². The van der Waals surface area contributed by atoms with Crippen molar-refractivity contribution in [3.63, 3.8) is 0 Å². The zero-order chi connectivity index (χ0) is 17.6. The molecular formula is C17H21N3O3S. The smallest absolute Gasteiger partial charge is 0.315 e. The molecule has 0 radical (unpaired) electrons. The molecule has 2 amide bonds. The average Bonchev–Trinajstić information content (AvgIpc) is 2.51. The number of sulfonamides is 1. The lowest BCUT2D eigenvalue weighted by atomic mass is 10.1. The van der Waals surface area contributed by atoms with E-state index < -0.39 is 10.0 Å². The molecule has 0 fully saturated rings. The van der Waals surface area contributed by atoms with E-state index in [2.05, 4.69) is 15.4 Å². The van der Waals surface area contributed by atoms with Crippen molar-refractivity contribution in [1.82, 2.24) is 10.6 Å². The lowest BCUT2D eigenvalue weighted by Gasteiger charge is -2.10. The quantitative estimate of drug-likeness (QED) is 0.750. The van der Waals surface area contributed by atoms with Crippen LogP contribution >= 0.6 is 0 Å². The summed E-state index contributed by atoms with van der Waals surface area (Å²) in [6.45, 7) is 2.75. The molecule has 0 unspecified atom stereocenters. The molecular weight excluding hydrogens is 326 g/mol. The molecule has 0 atom stereocenters. The van der Waals surface area contributed by atoms with Crippen LogP contribution in [0.3, 0.4) is 0 Å². The van der Waals surface area contributed by atoms with Crippen LogP contribution < -0.4 is 15.4 Å². The Morgan fingerprint density at radius 2 is 1.71 bits per heavy atom. The van der Waals surface area contributed by atoms with Crippen LogP contribution in [0.4, 0.5) is 10.5 Å². The maximum atomic E-state index is 11.9. The van der Waals surface area contributed by atoms with Gasteiger partial charge in [0.25, 0.3) is 0 Å². The predicted molar refractivity (Wildman–Crippen MR) is 95.2 cm³/mol. The standard InChI is InChI=1S/C17H21N3O3S/c1-13-6-3-4-8-15(13)12-19-17(21)18-11-14-7-5-9-16(10-14)20-24(2,22)23/h3-10,20H,11-12H2,1-2H3,(H2,18,19,21). The molecule has 0 saturated carbocycles. The van der Waals surface area contributed by atoms with Gasteiger partial charge in [-0.15, -0.1) is 0 Å². The van der Waals surface area contributed by atoms with Crippen molar-refractivity contribution in [2.75, 3.05) is 11.0 Å². The Labute approximate surface area is 142 Å². The zero-order valence-corrected chi connectivity index (χ0v) is 14.5. The van der Waals surface area contributed by atoms with Crippen molar-refractivity contribution in [1.29, 1.82) is 0 Å². The Kier molecular flexibility index (Phi) is 5.81. The van der Waals surface area contributed by atoms with E-state index in [1.165, 1.54) is 0 Å². The molecule has 0 aliphatic carbocycles. The summed E-state index contributed by atoms with van der Waals surface area (Å²) in [6.07, 6.45) is 1.09. The average molecular weight is 347 g/mol. The lowest BCUT2D eigenvalue weighted by Crippen LogP contribution is -2.34. The molecule has 0 aromatic heterocycles. The van der Waals surface area contributed by atoms with Gasteiger partial charge >= 0.3 is 6.03 Å². The van der Waals surface area contributed by atoms with Crippen molar-refractivity contribution < 1.29 is 13.2 Å². The fraction of sp³-hybridized carbons (Fsp3) is 0.235. The predicted octanol–water partition coefficient (Wildman–Crippen LogP) is 2.37. The van der Waals surface area contributed by atoms with E-state index in [9.17, 15) is 13.2 Å². The maximum Gasteiger partial charge on any atom is 0.315 e. The van der Waals surface area contributed by atoms with Gasteiger partial charge < -0.3 is 10.6 Å². The van der Waals surface area contributed by atoms with Gasteiger partial charge in [0.15, 0.2) is 0 Å². The molecule has 0 aliphatic heterocycles. The zero-order valence-electron chi connectivity index (χ0n) is 13.7. The highest BCUT2D eigenvalue weighted by molar-refractivity contribution is 7.92. The molecule has 128 valence electrons. The fourth-order valence-electron chi connectivity index (χ4n) is 2.19. The Hall–Kier alpha value is -2.54. The molecule has 7 heteroatoms. The molecule has 3 N–H and O–H groups in total. The number of hydrogen-bond acceptors (Lipinski definition) is 3. The van der Waals surface area contributed by atoms with Gasteiger partial charge in [0, 0.05) is 18.8 Å². The largest absolute Gasteiger partial charge is 0.334 e. The summed E-state index contributed by atoms with van der Waals surface area (Å²) in [5.41, 5.74) is 3.45. The van der Waals surface area contributed by atoms with E-state index in [0.29, 0.717) is 18.8 Å². The van der Waals surface area contributed by atoms with Crippen molar-refractivity contribution in [3.8, 4) is 0 Å². The second-order valence-electron chi connectivity index (χ2n) is 5.54. The van der Waals surface area contributed by atoms with Crippen LogP contribution in [0.25, 0.3) is 0 Å². The minimum atomic E-state index is -3.32. The number of aryl methyl sites for hydroxylation is 1. The summed E-state index contributed by atoms with van der Waals surface area (Å²) in [7, 11) is -3.32. The van der Waals surface area contributed by atoms with E-state index in [0.717, 1.165) is 22.9 Å². The number of rotatable bonds is 6. The first-order valence-corrected chi connectivity index (χ1v) is 9.35. The molecule has 2 rings (SSSR count). The van der Waals surface area contributed by atoms with Gasteiger partial charge in [-0.2, -0.15) is 0 Å². The van der Waals surface area contributed by atoms with Gasteiger partial charge in [0.2, 0.25) is 10.0 Å². The molecule has 0 saturated heterocycles. The molecule has 0 heterocycles. The summed E-state index contributed by atoms with van der Waals surface area (Å²) in [5, 5.41) is 5.55. The van der Waals surface area contributed by atoms with Crippen LogP contribution in [0.2, 0.25) is 0 Å². The van der Waals surface area contributed by atoms with Crippen molar-refractivity contribution in [2.45, 2.75) is 20.0 Å². The Morgan fingerprint density at radius 1 is 1.00 bits per heavy atom. The Bertz CT molecular complexity index is 819. The van der Waals surface area contributed by atoms with Crippen molar-refractivity contribution in [2.24, 2.45) is 0 Å². The lowest BCUT2D eigenvalue weighted by molar-refractivity contribution is 0.240. The number of amides is 2. The van der Waals surface area contributed by atoms with Crippen LogP contribution in [0, 0.1) is 6.92 Å². The summed E-state index contributed by atoms with van der Waals surface area (Å²) in [4.78, 5) is 11.9.